The van der Waals surface area contributed by atoms with Crippen molar-refractivity contribution in [2.24, 2.45) is 0 Å². The van der Waals surface area contributed by atoms with Crippen LogP contribution in [0.1, 0.15) is 44.7 Å². The van der Waals surface area contributed by atoms with Gasteiger partial charge in [-0.3, -0.25) is 9.59 Å². The molecule has 0 heterocycles. The highest BCUT2D eigenvalue weighted by molar-refractivity contribution is 6.31. The fourth-order valence-corrected chi connectivity index (χ4v) is 3.44. The molecular weight excluding hydrogens is 400 g/mol. The Labute approximate surface area is 184 Å². The predicted octanol–water partition coefficient (Wildman–Crippen LogP) is 4.61. The lowest BCUT2D eigenvalue weighted by Crippen LogP contribution is -2.51. The Bertz CT molecular complexity index is 856. The number of halogens is 1. The fourth-order valence-electron chi connectivity index (χ4n) is 3.23. The smallest absolute Gasteiger partial charge is 0.243 e. The van der Waals surface area contributed by atoms with Gasteiger partial charge in [0.25, 0.3) is 0 Å². The highest BCUT2D eigenvalue weighted by Gasteiger charge is 2.29. The van der Waals surface area contributed by atoms with Crippen molar-refractivity contribution >= 4 is 23.4 Å². The van der Waals surface area contributed by atoms with Crippen LogP contribution in [0.5, 0.6) is 5.75 Å². The molecule has 0 spiro atoms. The minimum atomic E-state index is -0.569. The van der Waals surface area contributed by atoms with E-state index in [0.717, 1.165) is 17.5 Å². The zero-order valence-electron chi connectivity index (χ0n) is 18.2. The second kappa shape index (κ2) is 11.6. The second-order valence-corrected chi connectivity index (χ2v) is 7.79. The molecule has 2 unspecified atom stereocenters. The Balaban J connectivity index is 2.33. The van der Waals surface area contributed by atoms with E-state index in [9.17, 15) is 9.59 Å². The van der Waals surface area contributed by atoms with Crippen molar-refractivity contribution in [1.82, 2.24) is 10.2 Å². The highest BCUT2D eigenvalue weighted by atomic mass is 35.5. The largest absolute Gasteiger partial charge is 0.497 e. The maximum Gasteiger partial charge on any atom is 0.243 e. The Morgan fingerprint density at radius 2 is 1.83 bits per heavy atom. The number of amides is 2. The van der Waals surface area contributed by atoms with Gasteiger partial charge in [0.05, 0.1) is 13.5 Å². The Kier molecular flexibility index (Phi) is 9.18. The Morgan fingerprint density at radius 1 is 1.10 bits per heavy atom. The first-order valence-electron chi connectivity index (χ1n) is 10.4. The standard InChI is InChI=1S/C24H31ClN2O3/c1-5-17(3)26-24(29)22(6-2)27(16-18-10-9-12-20(14-18)30-4)23(28)15-19-11-7-8-13-21(19)25/h7-14,17,22H,5-6,15-16H2,1-4H3,(H,26,29). The molecule has 0 saturated heterocycles. The third-order valence-electron chi connectivity index (χ3n) is 5.17. The average molecular weight is 431 g/mol. The summed E-state index contributed by atoms with van der Waals surface area (Å²) in [6.45, 7) is 6.21. The van der Waals surface area contributed by atoms with Crippen LogP contribution in [0.15, 0.2) is 48.5 Å². The van der Waals surface area contributed by atoms with E-state index in [-0.39, 0.29) is 24.3 Å². The maximum atomic E-state index is 13.3. The number of carbonyl (C=O) groups excluding carboxylic acids is 2. The number of ether oxygens (including phenoxy) is 1. The van der Waals surface area contributed by atoms with Crippen molar-refractivity contribution in [3.8, 4) is 5.75 Å². The van der Waals surface area contributed by atoms with Crippen LogP contribution in [-0.2, 0) is 22.6 Å². The van der Waals surface area contributed by atoms with Crippen LogP contribution in [0.4, 0.5) is 0 Å². The summed E-state index contributed by atoms with van der Waals surface area (Å²) in [7, 11) is 1.61. The molecule has 0 aromatic heterocycles. The first-order chi connectivity index (χ1) is 14.4. The first-order valence-corrected chi connectivity index (χ1v) is 10.7. The molecule has 30 heavy (non-hydrogen) atoms. The molecule has 0 bridgehead atoms. The summed E-state index contributed by atoms with van der Waals surface area (Å²) >= 11 is 6.27. The van der Waals surface area contributed by atoms with Gasteiger partial charge >= 0.3 is 0 Å². The van der Waals surface area contributed by atoms with Gasteiger partial charge in [0.2, 0.25) is 11.8 Å². The van der Waals surface area contributed by atoms with E-state index in [1.807, 2.05) is 63.2 Å². The van der Waals surface area contributed by atoms with Gasteiger partial charge in [-0.15, -0.1) is 0 Å². The van der Waals surface area contributed by atoms with Gasteiger partial charge in [0.15, 0.2) is 0 Å². The highest BCUT2D eigenvalue weighted by Crippen LogP contribution is 2.21. The van der Waals surface area contributed by atoms with Crippen LogP contribution < -0.4 is 10.1 Å². The average Bonchev–Trinajstić information content (AvgIpc) is 2.75. The molecule has 1 N–H and O–H groups in total. The topological polar surface area (TPSA) is 58.6 Å². The van der Waals surface area contributed by atoms with Crippen molar-refractivity contribution in [2.45, 2.75) is 58.7 Å². The quantitative estimate of drug-likeness (QED) is 0.598. The van der Waals surface area contributed by atoms with Crippen LogP contribution in [0, 0.1) is 0 Å². The van der Waals surface area contributed by atoms with E-state index < -0.39 is 6.04 Å². The van der Waals surface area contributed by atoms with Gasteiger partial charge in [-0.05, 0) is 49.1 Å². The van der Waals surface area contributed by atoms with Gasteiger partial charge in [-0.2, -0.15) is 0 Å². The lowest BCUT2D eigenvalue weighted by Gasteiger charge is -2.31. The maximum absolute atomic E-state index is 13.3. The molecule has 2 rings (SSSR count). The summed E-state index contributed by atoms with van der Waals surface area (Å²) in [5.41, 5.74) is 1.65. The number of benzene rings is 2. The molecule has 0 saturated carbocycles. The van der Waals surface area contributed by atoms with Crippen molar-refractivity contribution in [3.63, 3.8) is 0 Å². The van der Waals surface area contributed by atoms with E-state index in [1.54, 1.807) is 18.1 Å². The first kappa shape index (κ1) is 23.7. The van der Waals surface area contributed by atoms with Gasteiger partial charge in [0, 0.05) is 17.6 Å². The van der Waals surface area contributed by atoms with E-state index >= 15 is 0 Å². The molecule has 0 fully saturated rings. The van der Waals surface area contributed by atoms with E-state index in [4.69, 9.17) is 16.3 Å². The lowest BCUT2D eigenvalue weighted by atomic mass is 10.1. The number of methoxy groups -OCH3 is 1. The number of nitrogens with zero attached hydrogens (tertiary/aromatic N) is 1. The normalized spacial score (nSPS) is 12.7. The number of hydrogen-bond acceptors (Lipinski definition) is 3. The summed E-state index contributed by atoms with van der Waals surface area (Å²) < 4.78 is 5.31. The van der Waals surface area contributed by atoms with Crippen LogP contribution in [-0.4, -0.2) is 35.9 Å². The fraction of sp³-hybridized carbons (Fsp3) is 0.417. The Hall–Kier alpha value is -2.53. The van der Waals surface area contributed by atoms with Gasteiger partial charge in [-0.1, -0.05) is 55.8 Å². The van der Waals surface area contributed by atoms with Gasteiger partial charge in [0.1, 0.15) is 11.8 Å². The summed E-state index contributed by atoms with van der Waals surface area (Å²) in [5.74, 6) is 0.433. The zero-order valence-corrected chi connectivity index (χ0v) is 18.9. The third kappa shape index (κ3) is 6.49. The number of rotatable bonds is 10. The number of nitrogens with one attached hydrogen (secondary N) is 1. The van der Waals surface area contributed by atoms with Crippen LogP contribution in [0.3, 0.4) is 0 Å². The van der Waals surface area contributed by atoms with Crippen molar-refractivity contribution < 1.29 is 14.3 Å². The number of hydrogen-bond donors (Lipinski definition) is 1. The van der Waals surface area contributed by atoms with Crippen LogP contribution in [0.2, 0.25) is 5.02 Å². The molecule has 6 heteroatoms. The van der Waals surface area contributed by atoms with E-state index in [2.05, 4.69) is 5.32 Å². The predicted molar refractivity (Wildman–Crippen MR) is 121 cm³/mol. The minimum absolute atomic E-state index is 0.0453. The summed E-state index contributed by atoms with van der Waals surface area (Å²) in [4.78, 5) is 28.0. The molecule has 2 aromatic rings. The van der Waals surface area contributed by atoms with E-state index in [1.165, 1.54) is 0 Å². The van der Waals surface area contributed by atoms with Crippen LogP contribution >= 0.6 is 11.6 Å². The SMILES string of the molecule is CCC(C)NC(=O)C(CC)N(Cc1cccc(OC)c1)C(=O)Cc1ccccc1Cl. The molecule has 162 valence electrons. The molecule has 2 amide bonds. The minimum Gasteiger partial charge on any atom is -0.497 e. The van der Waals surface area contributed by atoms with Crippen molar-refractivity contribution in [2.75, 3.05) is 7.11 Å². The molecule has 0 aliphatic rings. The zero-order chi connectivity index (χ0) is 22.1. The molecule has 0 radical (unpaired) electrons. The molecule has 5 nitrogen and oxygen atoms in total. The van der Waals surface area contributed by atoms with Crippen molar-refractivity contribution in [1.29, 1.82) is 0 Å². The van der Waals surface area contributed by atoms with E-state index in [0.29, 0.717) is 23.7 Å². The number of carbonyl (C=O) groups is 2. The second-order valence-electron chi connectivity index (χ2n) is 7.38. The van der Waals surface area contributed by atoms with Crippen molar-refractivity contribution in [3.05, 3.63) is 64.7 Å². The Morgan fingerprint density at radius 3 is 2.47 bits per heavy atom. The molecule has 0 aliphatic heterocycles. The molecule has 2 aromatic carbocycles. The lowest BCUT2D eigenvalue weighted by molar-refractivity contribution is -0.141. The molecular formula is C24H31ClN2O3. The molecule has 2 atom stereocenters. The summed E-state index contributed by atoms with van der Waals surface area (Å²) in [6.07, 6.45) is 1.48. The van der Waals surface area contributed by atoms with Crippen LogP contribution in [0.25, 0.3) is 0 Å². The third-order valence-corrected chi connectivity index (χ3v) is 5.54. The van der Waals surface area contributed by atoms with Gasteiger partial charge < -0.3 is 15.0 Å². The monoisotopic (exact) mass is 430 g/mol. The summed E-state index contributed by atoms with van der Waals surface area (Å²) in [6, 6.07) is 14.3. The van der Waals surface area contributed by atoms with Gasteiger partial charge in [-0.25, -0.2) is 0 Å². The molecule has 0 aliphatic carbocycles. The summed E-state index contributed by atoms with van der Waals surface area (Å²) in [5, 5.41) is 3.56.